The molecule has 130 valence electrons. The summed E-state index contributed by atoms with van der Waals surface area (Å²) in [6.07, 6.45) is 3.03. The molecule has 2 rings (SSSR count). The molecule has 0 aliphatic rings. The molecule has 0 unspecified atom stereocenters. The molecule has 0 bridgehead atoms. The van der Waals surface area contributed by atoms with Crippen molar-refractivity contribution in [2.45, 2.75) is 4.90 Å². The van der Waals surface area contributed by atoms with Crippen LogP contribution in [0, 0.1) is 0 Å². The monoisotopic (exact) mass is 360 g/mol. The number of sulfonamides is 1. The minimum Gasteiger partial charge on any atom is -0.480 e. The highest BCUT2D eigenvalue weighted by Gasteiger charge is 2.15. The van der Waals surface area contributed by atoms with Crippen LogP contribution in [0.25, 0.3) is 6.08 Å². The highest BCUT2D eigenvalue weighted by molar-refractivity contribution is 7.89. The number of benzene rings is 2. The summed E-state index contributed by atoms with van der Waals surface area (Å²) in [6.45, 7) is -0.703. The van der Waals surface area contributed by atoms with E-state index in [1.165, 1.54) is 30.3 Å². The molecule has 0 aliphatic carbocycles. The van der Waals surface area contributed by atoms with E-state index in [1.807, 2.05) is 35.1 Å². The Labute approximate surface area is 145 Å². The van der Waals surface area contributed by atoms with Gasteiger partial charge in [0.2, 0.25) is 15.9 Å². The number of aliphatic carboxylic acids is 1. The minimum absolute atomic E-state index is 0.0911. The Hall–Kier alpha value is -2.97. The molecule has 0 atom stereocenters. The molecule has 8 heteroatoms. The van der Waals surface area contributed by atoms with Gasteiger partial charge in [0.25, 0.3) is 0 Å². The number of nitrogens with one attached hydrogen (secondary N) is 2. The highest BCUT2D eigenvalue weighted by atomic mass is 32.2. The maximum atomic E-state index is 11.9. The van der Waals surface area contributed by atoms with E-state index in [4.69, 9.17) is 5.11 Å². The molecule has 3 N–H and O–H groups in total. The molecule has 0 spiro atoms. The SMILES string of the molecule is O=C(O)CNS(=O)(=O)c1ccc(NC(=O)/C=C/c2ccccc2)cc1. The maximum Gasteiger partial charge on any atom is 0.318 e. The Morgan fingerprint density at radius 3 is 2.24 bits per heavy atom. The lowest BCUT2D eigenvalue weighted by Gasteiger charge is -2.06. The van der Waals surface area contributed by atoms with Gasteiger partial charge in [0.05, 0.1) is 4.90 Å². The predicted molar refractivity (Wildman–Crippen MR) is 93.4 cm³/mol. The Morgan fingerprint density at radius 1 is 1.00 bits per heavy atom. The molecular weight excluding hydrogens is 344 g/mol. The summed E-state index contributed by atoms with van der Waals surface area (Å²) in [6, 6.07) is 14.7. The lowest BCUT2D eigenvalue weighted by molar-refractivity contribution is -0.135. The van der Waals surface area contributed by atoms with Crippen molar-refractivity contribution in [3.63, 3.8) is 0 Å². The Kier molecular flexibility index (Phi) is 6.04. The van der Waals surface area contributed by atoms with Gasteiger partial charge in [-0.2, -0.15) is 4.72 Å². The zero-order valence-electron chi connectivity index (χ0n) is 13.0. The number of carboxylic acids is 1. The van der Waals surface area contributed by atoms with E-state index in [9.17, 15) is 18.0 Å². The van der Waals surface area contributed by atoms with Crippen LogP contribution in [-0.4, -0.2) is 31.9 Å². The zero-order chi connectivity index (χ0) is 18.3. The van der Waals surface area contributed by atoms with E-state index in [0.29, 0.717) is 5.69 Å². The second-order valence-electron chi connectivity index (χ2n) is 4.98. The summed E-state index contributed by atoms with van der Waals surface area (Å²) in [5.74, 6) is -1.64. The standard InChI is InChI=1S/C17H16N2O5S/c20-16(11-6-13-4-2-1-3-5-13)19-14-7-9-15(10-8-14)25(23,24)18-12-17(21)22/h1-11,18H,12H2,(H,19,20)(H,21,22)/b11-6+. The lowest BCUT2D eigenvalue weighted by atomic mass is 10.2. The number of carbonyl (C=O) groups excluding carboxylic acids is 1. The predicted octanol–water partition coefficient (Wildman–Crippen LogP) is 1.70. The summed E-state index contributed by atoms with van der Waals surface area (Å²) in [4.78, 5) is 22.2. The number of rotatable bonds is 7. The van der Waals surface area contributed by atoms with Gasteiger partial charge >= 0.3 is 5.97 Å². The van der Waals surface area contributed by atoms with Crippen LogP contribution >= 0.6 is 0 Å². The Morgan fingerprint density at radius 2 is 1.64 bits per heavy atom. The van der Waals surface area contributed by atoms with Gasteiger partial charge in [0, 0.05) is 11.8 Å². The highest BCUT2D eigenvalue weighted by Crippen LogP contribution is 2.14. The van der Waals surface area contributed by atoms with Gasteiger partial charge in [0.15, 0.2) is 0 Å². The van der Waals surface area contributed by atoms with Crippen LogP contribution in [0.4, 0.5) is 5.69 Å². The fourth-order valence-electron chi connectivity index (χ4n) is 1.88. The van der Waals surface area contributed by atoms with Crippen molar-refractivity contribution >= 4 is 33.7 Å². The summed E-state index contributed by atoms with van der Waals surface area (Å²) >= 11 is 0. The van der Waals surface area contributed by atoms with Gasteiger partial charge < -0.3 is 10.4 Å². The van der Waals surface area contributed by atoms with Gasteiger partial charge in [-0.15, -0.1) is 0 Å². The molecular formula is C17H16N2O5S. The molecule has 0 saturated carbocycles. The Balaban J connectivity index is 1.99. The number of amides is 1. The first-order valence-corrected chi connectivity index (χ1v) is 8.71. The molecule has 0 radical (unpaired) electrons. The topological polar surface area (TPSA) is 113 Å². The van der Waals surface area contributed by atoms with Crippen LogP contribution in [0.5, 0.6) is 0 Å². The van der Waals surface area contributed by atoms with E-state index in [0.717, 1.165) is 5.56 Å². The summed E-state index contributed by atoms with van der Waals surface area (Å²) in [5.41, 5.74) is 1.29. The van der Waals surface area contributed by atoms with E-state index in [-0.39, 0.29) is 10.8 Å². The van der Waals surface area contributed by atoms with Gasteiger partial charge in [-0.25, -0.2) is 8.42 Å². The average Bonchev–Trinajstić information content (AvgIpc) is 2.60. The summed E-state index contributed by atoms with van der Waals surface area (Å²) < 4.78 is 25.7. The molecule has 2 aromatic rings. The van der Waals surface area contributed by atoms with Crippen LogP contribution in [0.1, 0.15) is 5.56 Å². The Bertz CT molecular complexity index is 875. The van der Waals surface area contributed by atoms with Crippen LogP contribution in [0.15, 0.2) is 65.6 Å². The number of anilines is 1. The fraction of sp³-hybridized carbons (Fsp3) is 0.0588. The number of carboxylic acid groups (broad SMARTS) is 1. The zero-order valence-corrected chi connectivity index (χ0v) is 13.9. The van der Waals surface area contributed by atoms with Gasteiger partial charge in [-0.3, -0.25) is 9.59 Å². The van der Waals surface area contributed by atoms with E-state index >= 15 is 0 Å². The van der Waals surface area contributed by atoms with Crippen LogP contribution in [-0.2, 0) is 19.6 Å². The second-order valence-corrected chi connectivity index (χ2v) is 6.74. The first kappa shape index (κ1) is 18.4. The van der Waals surface area contributed by atoms with Crippen molar-refractivity contribution in [2.75, 3.05) is 11.9 Å². The molecule has 0 saturated heterocycles. The minimum atomic E-state index is -3.90. The van der Waals surface area contributed by atoms with Crippen LogP contribution in [0.3, 0.4) is 0 Å². The quantitative estimate of drug-likeness (QED) is 0.651. The van der Waals surface area contributed by atoms with Crippen molar-refractivity contribution in [1.29, 1.82) is 0 Å². The van der Waals surface area contributed by atoms with Gasteiger partial charge in [0.1, 0.15) is 6.54 Å². The van der Waals surface area contributed by atoms with Crippen molar-refractivity contribution in [3.8, 4) is 0 Å². The van der Waals surface area contributed by atoms with Crippen molar-refractivity contribution in [2.24, 2.45) is 0 Å². The van der Waals surface area contributed by atoms with E-state index in [1.54, 1.807) is 6.08 Å². The number of carbonyl (C=O) groups is 2. The molecule has 2 aromatic carbocycles. The molecule has 1 amide bonds. The largest absolute Gasteiger partial charge is 0.480 e. The van der Waals surface area contributed by atoms with Crippen molar-refractivity contribution < 1.29 is 23.1 Å². The molecule has 7 nitrogen and oxygen atoms in total. The first-order valence-electron chi connectivity index (χ1n) is 7.22. The third-order valence-electron chi connectivity index (χ3n) is 3.07. The number of hydrogen-bond acceptors (Lipinski definition) is 4. The van der Waals surface area contributed by atoms with Crippen molar-refractivity contribution in [1.82, 2.24) is 4.72 Å². The maximum absolute atomic E-state index is 11.9. The van der Waals surface area contributed by atoms with Gasteiger partial charge in [-0.05, 0) is 35.9 Å². The van der Waals surface area contributed by atoms with Crippen LogP contribution in [0.2, 0.25) is 0 Å². The van der Waals surface area contributed by atoms with Gasteiger partial charge in [-0.1, -0.05) is 30.3 Å². The molecule has 25 heavy (non-hydrogen) atoms. The van der Waals surface area contributed by atoms with E-state index in [2.05, 4.69) is 5.32 Å². The molecule has 0 aromatic heterocycles. The first-order chi connectivity index (χ1) is 11.9. The van der Waals surface area contributed by atoms with Crippen molar-refractivity contribution in [3.05, 3.63) is 66.2 Å². The smallest absolute Gasteiger partial charge is 0.318 e. The van der Waals surface area contributed by atoms with E-state index < -0.39 is 22.5 Å². The third kappa shape index (κ3) is 5.87. The van der Waals surface area contributed by atoms with Crippen LogP contribution < -0.4 is 10.0 Å². The molecule has 0 fully saturated rings. The third-order valence-corrected chi connectivity index (χ3v) is 4.49. The average molecular weight is 360 g/mol. The number of hydrogen-bond donors (Lipinski definition) is 3. The molecule has 0 aliphatic heterocycles. The second kappa shape index (κ2) is 8.22. The summed E-state index contributed by atoms with van der Waals surface area (Å²) in [7, 11) is -3.90. The fourth-order valence-corrected chi connectivity index (χ4v) is 2.85. The lowest BCUT2D eigenvalue weighted by Crippen LogP contribution is -2.29. The summed E-state index contributed by atoms with van der Waals surface area (Å²) in [5, 5.41) is 11.1. The molecule has 0 heterocycles. The normalized spacial score (nSPS) is 11.4.